The fourth-order valence-electron chi connectivity index (χ4n) is 2.70. The van der Waals surface area contributed by atoms with Gasteiger partial charge in [0.1, 0.15) is 17.4 Å². The third-order valence-electron chi connectivity index (χ3n) is 4.99. The van der Waals surface area contributed by atoms with Gasteiger partial charge in [-0.3, -0.25) is 4.79 Å². The van der Waals surface area contributed by atoms with Crippen LogP contribution in [-0.2, 0) is 4.79 Å². The molecule has 0 atom stereocenters. The quantitative estimate of drug-likeness (QED) is 0.384. The van der Waals surface area contributed by atoms with Crippen LogP contribution in [0.15, 0.2) is 78.5 Å². The first-order valence-electron chi connectivity index (χ1n) is 10.3. The number of carbonyl (C=O) groups excluding carboxylic acids is 1. The van der Waals surface area contributed by atoms with E-state index in [9.17, 15) is 10.1 Å². The van der Waals surface area contributed by atoms with Crippen LogP contribution in [0.3, 0.4) is 0 Å². The van der Waals surface area contributed by atoms with E-state index in [0.29, 0.717) is 29.0 Å². The molecule has 1 amide bonds. The zero-order valence-corrected chi connectivity index (χ0v) is 19.0. The molecule has 8 heteroatoms. The maximum Gasteiger partial charge on any atom is 0.266 e. The summed E-state index contributed by atoms with van der Waals surface area (Å²) in [6, 6.07) is 20.1. The van der Waals surface area contributed by atoms with Gasteiger partial charge < -0.3 is 20.3 Å². The lowest BCUT2D eigenvalue weighted by Gasteiger charge is -2.29. The second-order valence-electron chi connectivity index (χ2n) is 8.01. The van der Waals surface area contributed by atoms with Crippen LogP contribution in [0.2, 0.25) is 0 Å². The first-order chi connectivity index (χ1) is 15.8. The van der Waals surface area contributed by atoms with Gasteiger partial charge >= 0.3 is 0 Å². The SMILES string of the molecule is CN(C)C(C)(C)/C=C(\C#N)C(=O)Nc1cccc(Nc2nccc(Oc3ccccc3)n2)c1. The van der Waals surface area contributed by atoms with Crippen molar-refractivity contribution in [2.24, 2.45) is 0 Å². The number of anilines is 3. The number of nitrogens with one attached hydrogen (secondary N) is 2. The van der Waals surface area contributed by atoms with E-state index in [4.69, 9.17) is 4.74 Å². The van der Waals surface area contributed by atoms with E-state index in [0.717, 1.165) is 0 Å². The van der Waals surface area contributed by atoms with Crippen molar-refractivity contribution in [3.63, 3.8) is 0 Å². The number of rotatable bonds is 8. The fourth-order valence-corrected chi connectivity index (χ4v) is 2.70. The molecule has 168 valence electrons. The standard InChI is InChI=1S/C25H26N6O2/c1-25(2,31(3)4)16-18(17-26)23(32)28-19-9-8-10-20(15-19)29-24-27-14-13-22(30-24)33-21-11-6-5-7-12-21/h5-16H,1-4H3,(H,28,32)(H,27,29,30)/b18-16+. The van der Waals surface area contributed by atoms with E-state index in [1.807, 2.05) is 75.3 Å². The highest BCUT2D eigenvalue weighted by Crippen LogP contribution is 2.23. The topological polar surface area (TPSA) is 103 Å². The summed E-state index contributed by atoms with van der Waals surface area (Å²) in [7, 11) is 3.78. The van der Waals surface area contributed by atoms with E-state index in [2.05, 4.69) is 20.6 Å². The number of para-hydroxylation sites is 1. The van der Waals surface area contributed by atoms with Gasteiger partial charge in [-0.15, -0.1) is 0 Å². The van der Waals surface area contributed by atoms with Gasteiger partial charge in [-0.05, 0) is 64.4 Å². The first-order valence-corrected chi connectivity index (χ1v) is 10.3. The average Bonchev–Trinajstić information content (AvgIpc) is 2.78. The van der Waals surface area contributed by atoms with Crippen LogP contribution in [0.4, 0.5) is 17.3 Å². The molecule has 0 unspecified atom stereocenters. The summed E-state index contributed by atoms with van der Waals surface area (Å²) in [6.07, 6.45) is 3.24. The molecule has 0 saturated heterocycles. The van der Waals surface area contributed by atoms with Gasteiger partial charge in [0.2, 0.25) is 11.8 Å². The maximum atomic E-state index is 12.6. The average molecular weight is 443 g/mol. The molecule has 0 saturated carbocycles. The van der Waals surface area contributed by atoms with Gasteiger partial charge in [0.05, 0.1) is 0 Å². The summed E-state index contributed by atoms with van der Waals surface area (Å²) in [5, 5.41) is 15.3. The summed E-state index contributed by atoms with van der Waals surface area (Å²) in [5.74, 6) is 0.942. The highest BCUT2D eigenvalue weighted by Gasteiger charge is 2.21. The number of nitrogens with zero attached hydrogens (tertiary/aromatic N) is 4. The van der Waals surface area contributed by atoms with E-state index in [1.165, 1.54) is 0 Å². The second-order valence-corrected chi connectivity index (χ2v) is 8.01. The largest absolute Gasteiger partial charge is 0.439 e. The number of amides is 1. The lowest BCUT2D eigenvalue weighted by molar-refractivity contribution is -0.112. The summed E-state index contributed by atoms with van der Waals surface area (Å²) in [4.78, 5) is 23.2. The minimum absolute atomic E-state index is 0.0427. The third-order valence-corrected chi connectivity index (χ3v) is 4.99. The molecule has 1 aromatic heterocycles. The Morgan fingerprint density at radius 3 is 2.52 bits per heavy atom. The number of benzene rings is 2. The Labute approximate surface area is 193 Å². The third kappa shape index (κ3) is 6.63. The predicted molar refractivity (Wildman–Crippen MR) is 128 cm³/mol. The molecule has 3 rings (SSSR count). The normalized spacial score (nSPS) is 11.6. The zero-order chi connectivity index (χ0) is 23.8. The first kappa shape index (κ1) is 23.4. The van der Waals surface area contributed by atoms with Crippen LogP contribution in [0.25, 0.3) is 0 Å². The molecular formula is C25H26N6O2. The van der Waals surface area contributed by atoms with Gasteiger partial charge in [-0.25, -0.2) is 4.98 Å². The number of hydrogen-bond donors (Lipinski definition) is 2. The zero-order valence-electron chi connectivity index (χ0n) is 19.0. The molecule has 8 nitrogen and oxygen atoms in total. The molecule has 0 spiro atoms. The molecule has 0 radical (unpaired) electrons. The van der Waals surface area contributed by atoms with Crippen molar-refractivity contribution in [1.82, 2.24) is 14.9 Å². The Bertz CT molecular complexity index is 1180. The molecule has 0 aliphatic rings. The Kier molecular flexibility index (Phi) is 7.38. The Hall–Kier alpha value is -4.22. The summed E-state index contributed by atoms with van der Waals surface area (Å²) in [5.41, 5.74) is 0.795. The number of aromatic nitrogens is 2. The van der Waals surface area contributed by atoms with Crippen molar-refractivity contribution < 1.29 is 9.53 Å². The monoisotopic (exact) mass is 442 g/mol. The molecule has 2 aromatic carbocycles. The molecule has 0 aliphatic carbocycles. The van der Waals surface area contributed by atoms with Gasteiger partial charge in [-0.2, -0.15) is 10.2 Å². The van der Waals surface area contributed by atoms with E-state index in [-0.39, 0.29) is 5.57 Å². The van der Waals surface area contributed by atoms with E-state index in [1.54, 1.807) is 36.5 Å². The van der Waals surface area contributed by atoms with Crippen LogP contribution in [-0.4, -0.2) is 40.4 Å². The second kappa shape index (κ2) is 10.4. The van der Waals surface area contributed by atoms with Gasteiger partial charge in [0.15, 0.2) is 0 Å². The van der Waals surface area contributed by atoms with Crippen LogP contribution in [0, 0.1) is 11.3 Å². The molecule has 0 bridgehead atoms. The van der Waals surface area contributed by atoms with Crippen molar-refractivity contribution in [3.8, 4) is 17.7 Å². The smallest absolute Gasteiger partial charge is 0.266 e. The lowest BCUT2D eigenvalue weighted by atomic mass is 10.00. The van der Waals surface area contributed by atoms with Gasteiger partial charge in [0.25, 0.3) is 5.91 Å². The van der Waals surface area contributed by atoms with Gasteiger partial charge in [-0.1, -0.05) is 24.3 Å². The molecule has 1 heterocycles. The summed E-state index contributed by atoms with van der Waals surface area (Å²) < 4.78 is 5.74. The Balaban J connectivity index is 1.71. The minimum atomic E-state index is -0.473. The van der Waals surface area contributed by atoms with Crippen LogP contribution in [0.5, 0.6) is 11.6 Å². The molecule has 3 aromatic rings. The van der Waals surface area contributed by atoms with Gasteiger partial charge in [0, 0.05) is 29.2 Å². The predicted octanol–water partition coefficient (Wildman–Crippen LogP) is 4.74. The highest BCUT2D eigenvalue weighted by molar-refractivity contribution is 6.06. The van der Waals surface area contributed by atoms with Crippen molar-refractivity contribution >= 4 is 23.2 Å². The highest BCUT2D eigenvalue weighted by atomic mass is 16.5. The number of hydrogen-bond acceptors (Lipinski definition) is 7. The van der Waals surface area contributed by atoms with Crippen LogP contribution in [0.1, 0.15) is 13.8 Å². The van der Waals surface area contributed by atoms with E-state index < -0.39 is 11.4 Å². The van der Waals surface area contributed by atoms with Crippen molar-refractivity contribution in [2.75, 3.05) is 24.7 Å². The van der Waals surface area contributed by atoms with Crippen molar-refractivity contribution in [3.05, 3.63) is 78.5 Å². The molecule has 0 aliphatic heterocycles. The lowest BCUT2D eigenvalue weighted by Crippen LogP contribution is -2.37. The molecule has 0 fully saturated rings. The number of likely N-dealkylation sites (N-methyl/N-ethyl adjacent to an activating group) is 1. The number of nitriles is 1. The fraction of sp³-hybridized carbons (Fsp3) is 0.200. The maximum absolute atomic E-state index is 12.6. The molecule has 33 heavy (non-hydrogen) atoms. The van der Waals surface area contributed by atoms with Crippen molar-refractivity contribution in [2.45, 2.75) is 19.4 Å². The molecular weight excluding hydrogens is 416 g/mol. The number of ether oxygens (including phenoxy) is 1. The van der Waals surface area contributed by atoms with Crippen molar-refractivity contribution in [1.29, 1.82) is 5.26 Å². The van der Waals surface area contributed by atoms with Crippen LogP contribution >= 0.6 is 0 Å². The Morgan fingerprint density at radius 2 is 1.82 bits per heavy atom. The number of carbonyl (C=O) groups is 1. The molecule has 2 N–H and O–H groups in total. The van der Waals surface area contributed by atoms with Crippen LogP contribution < -0.4 is 15.4 Å². The Morgan fingerprint density at radius 1 is 1.09 bits per heavy atom. The van der Waals surface area contributed by atoms with E-state index >= 15 is 0 Å². The summed E-state index contributed by atoms with van der Waals surface area (Å²) in [6.45, 7) is 3.86. The summed E-state index contributed by atoms with van der Waals surface area (Å²) >= 11 is 0. The minimum Gasteiger partial charge on any atom is -0.439 e.